The molecule has 0 heterocycles. The minimum absolute atomic E-state index is 0. The predicted molar refractivity (Wildman–Crippen MR) is 36.8 cm³/mol. The van der Waals surface area contributed by atoms with Crippen molar-refractivity contribution in [1.82, 2.24) is 0 Å². The van der Waals surface area contributed by atoms with Crippen molar-refractivity contribution in [2.75, 3.05) is 6.16 Å². The van der Waals surface area contributed by atoms with Gasteiger partial charge in [0.2, 0.25) is 0 Å². The van der Waals surface area contributed by atoms with E-state index in [2.05, 4.69) is 6.58 Å². The van der Waals surface area contributed by atoms with Crippen LogP contribution in [0.4, 0.5) is 0 Å². The second-order valence-corrected chi connectivity index (χ2v) is 2.30. The second-order valence-electron chi connectivity index (χ2n) is 1.15. The summed E-state index contributed by atoms with van der Waals surface area (Å²) in [5, 5.41) is 0. The molecule has 0 aromatic rings. The van der Waals surface area contributed by atoms with Crippen LogP contribution in [0, 0.1) is 0 Å². The lowest BCUT2D eigenvalue weighted by molar-refractivity contribution is 0.503. The Bertz CT molecular complexity index is 84.1. The van der Waals surface area contributed by atoms with Gasteiger partial charge in [0.25, 0.3) is 0 Å². The SMILES string of the molecule is C=CCC[P+](=O)O.Cl. The molecular weight excluding hydrogens is 146 g/mol. The molecule has 0 radical (unpaired) electrons. The van der Waals surface area contributed by atoms with Crippen LogP contribution in [0.25, 0.3) is 0 Å². The van der Waals surface area contributed by atoms with Crippen LogP contribution in [0.15, 0.2) is 12.7 Å². The molecule has 0 aliphatic rings. The van der Waals surface area contributed by atoms with Crippen molar-refractivity contribution in [3.63, 3.8) is 0 Å². The minimum atomic E-state index is -1.93. The van der Waals surface area contributed by atoms with E-state index in [-0.39, 0.29) is 12.4 Å². The summed E-state index contributed by atoms with van der Waals surface area (Å²) < 4.78 is 9.86. The van der Waals surface area contributed by atoms with Gasteiger partial charge in [0.05, 0.1) is 0 Å². The molecule has 1 N–H and O–H groups in total. The first-order chi connectivity index (χ1) is 3.27. The van der Waals surface area contributed by atoms with Crippen molar-refractivity contribution in [3.05, 3.63) is 12.7 Å². The highest BCUT2D eigenvalue weighted by Crippen LogP contribution is 2.12. The molecule has 0 saturated heterocycles. The van der Waals surface area contributed by atoms with Crippen LogP contribution in [0.2, 0.25) is 0 Å². The van der Waals surface area contributed by atoms with Crippen LogP contribution in [0.1, 0.15) is 6.42 Å². The molecule has 2 nitrogen and oxygen atoms in total. The molecule has 0 fully saturated rings. The van der Waals surface area contributed by atoms with E-state index in [9.17, 15) is 4.57 Å². The van der Waals surface area contributed by atoms with Gasteiger partial charge in [0.15, 0.2) is 6.16 Å². The van der Waals surface area contributed by atoms with E-state index < -0.39 is 8.03 Å². The zero-order chi connectivity index (χ0) is 5.70. The molecule has 0 saturated carbocycles. The van der Waals surface area contributed by atoms with Gasteiger partial charge in [-0.3, -0.25) is 0 Å². The van der Waals surface area contributed by atoms with Crippen molar-refractivity contribution >= 4 is 20.4 Å². The van der Waals surface area contributed by atoms with Crippen LogP contribution in [-0.2, 0) is 4.57 Å². The Labute approximate surface area is 55.9 Å². The Morgan fingerprint density at radius 3 is 2.38 bits per heavy atom. The third-order valence-electron chi connectivity index (χ3n) is 0.525. The Balaban J connectivity index is 0. The van der Waals surface area contributed by atoms with E-state index in [0.29, 0.717) is 12.6 Å². The van der Waals surface area contributed by atoms with Gasteiger partial charge in [-0.15, -0.1) is 19.0 Å². The molecule has 0 amide bonds. The molecule has 0 aliphatic carbocycles. The number of hydrogen-bond donors (Lipinski definition) is 1. The Morgan fingerprint density at radius 2 is 2.25 bits per heavy atom. The average molecular weight is 156 g/mol. The highest BCUT2D eigenvalue weighted by molar-refractivity contribution is 7.37. The molecular formula is C4H9ClO2P+. The summed E-state index contributed by atoms with van der Waals surface area (Å²) in [5.74, 6) is 0. The number of hydrogen-bond acceptors (Lipinski definition) is 1. The zero-order valence-corrected chi connectivity index (χ0v) is 6.12. The summed E-state index contributed by atoms with van der Waals surface area (Å²) >= 11 is 0. The maximum absolute atomic E-state index is 9.86. The lowest BCUT2D eigenvalue weighted by atomic mass is 10.5. The monoisotopic (exact) mass is 155 g/mol. The molecule has 0 aliphatic heterocycles. The molecule has 0 aromatic carbocycles. The molecule has 4 heteroatoms. The molecule has 1 atom stereocenters. The van der Waals surface area contributed by atoms with Gasteiger partial charge in [-0.05, 0) is 4.57 Å². The van der Waals surface area contributed by atoms with Crippen molar-refractivity contribution < 1.29 is 9.46 Å². The molecule has 8 heavy (non-hydrogen) atoms. The first kappa shape index (κ1) is 11.0. The maximum atomic E-state index is 9.86. The smallest absolute Gasteiger partial charge is 0.161 e. The summed E-state index contributed by atoms with van der Waals surface area (Å²) in [6, 6.07) is 0. The number of halogens is 1. The largest absolute Gasteiger partial charge is 0.505 e. The normalized spacial score (nSPS) is 9.38. The van der Waals surface area contributed by atoms with E-state index >= 15 is 0 Å². The Morgan fingerprint density at radius 1 is 1.75 bits per heavy atom. The van der Waals surface area contributed by atoms with Crippen molar-refractivity contribution in [2.24, 2.45) is 0 Å². The fraction of sp³-hybridized carbons (Fsp3) is 0.500. The molecule has 48 valence electrons. The van der Waals surface area contributed by atoms with Gasteiger partial charge in [0.1, 0.15) is 0 Å². The third kappa shape index (κ3) is 9.43. The highest BCUT2D eigenvalue weighted by Gasteiger charge is 2.04. The summed E-state index contributed by atoms with van der Waals surface area (Å²) in [7, 11) is -1.93. The molecule has 0 bridgehead atoms. The van der Waals surface area contributed by atoms with Gasteiger partial charge in [0, 0.05) is 6.42 Å². The fourth-order valence-corrected chi connectivity index (χ4v) is 0.605. The van der Waals surface area contributed by atoms with Crippen molar-refractivity contribution in [2.45, 2.75) is 6.42 Å². The summed E-state index contributed by atoms with van der Waals surface area (Å²) in [4.78, 5) is 8.14. The van der Waals surface area contributed by atoms with Gasteiger partial charge in [-0.2, -0.15) is 4.89 Å². The van der Waals surface area contributed by atoms with Gasteiger partial charge < -0.3 is 0 Å². The van der Waals surface area contributed by atoms with E-state index in [1.807, 2.05) is 0 Å². The van der Waals surface area contributed by atoms with Crippen LogP contribution >= 0.6 is 20.4 Å². The second kappa shape index (κ2) is 7.09. The van der Waals surface area contributed by atoms with Crippen LogP contribution in [-0.4, -0.2) is 11.1 Å². The minimum Gasteiger partial charge on any atom is -0.161 e. The third-order valence-corrected chi connectivity index (χ3v) is 1.17. The van der Waals surface area contributed by atoms with Gasteiger partial charge >= 0.3 is 8.03 Å². The fourth-order valence-electron chi connectivity index (χ4n) is 0.202. The van der Waals surface area contributed by atoms with E-state index in [1.54, 1.807) is 6.08 Å². The highest BCUT2D eigenvalue weighted by atomic mass is 35.5. The standard InChI is InChI=1S/C4H7O2P.ClH/c1-2-3-4-7(5)6;/h2H,1,3-4H2;1H/p+1. The van der Waals surface area contributed by atoms with Crippen LogP contribution < -0.4 is 0 Å². The first-order valence-electron chi connectivity index (χ1n) is 2.02. The zero-order valence-electron chi connectivity index (χ0n) is 4.41. The molecule has 0 aromatic heterocycles. The van der Waals surface area contributed by atoms with Crippen molar-refractivity contribution in [1.29, 1.82) is 0 Å². The Kier molecular flexibility index (Phi) is 9.72. The average Bonchev–Trinajstić information content (AvgIpc) is 1.61. The lowest BCUT2D eigenvalue weighted by Gasteiger charge is -1.69. The molecule has 1 unspecified atom stereocenters. The number of rotatable bonds is 3. The topological polar surface area (TPSA) is 37.3 Å². The lowest BCUT2D eigenvalue weighted by Crippen LogP contribution is -1.69. The summed E-state index contributed by atoms with van der Waals surface area (Å²) in [5.41, 5.74) is 0. The quantitative estimate of drug-likeness (QED) is 0.498. The van der Waals surface area contributed by atoms with Gasteiger partial charge in [-0.25, -0.2) is 0 Å². The van der Waals surface area contributed by atoms with E-state index in [1.165, 1.54) is 0 Å². The predicted octanol–water partition coefficient (Wildman–Crippen LogP) is 1.72. The summed E-state index contributed by atoms with van der Waals surface area (Å²) in [6.45, 7) is 3.39. The van der Waals surface area contributed by atoms with Gasteiger partial charge in [-0.1, -0.05) is 6.08 Å². The van der Waals surface area contributed by atoms with E-state index in [4.69, 9.17) is 4.89 Å². The first-order valence-corrected chi connectivity index (χ1v) is 3.41. The number of allylic oxidation sites excluding steroid dienone is 1. The molecule has 0 rings (SSSR count). The van der Waals surface area contributed by atoms with Crippen LogP contribution in [0.5, 0.6) is 0 Å². The van der Waals surface area contributed by atoms with Crippen LogP contribution in [0.3, 0.4) is 0 Å². The van der Waals surface area contributed by atoms with E-state index in [0.717, 1.165) is 0 Å². The Hall–Kier alpha value is 0.0900. The van der Waals surface area contributed by atoms with Crippen molar-refractivity contribution in [3.8, 4) is 0 Å². The maximum Gasteiger partial charge on any atom is 0.505 e. The summed E-state index contributed by atoms with van der Waals surface area (Å²) in [6.07, 6.45) is 2.61. The molecule has 0 spiro atoms.